The van der Waals surface area contributed by atoms with Crippen LogP contribution in [-0.4, -0.2) is 26.4 Å². The van der Waals surface area contributed by atoms with Crippen molar-refractivity contribution in [3.05, 3.63) is 58.7 Å². The Hall–Kier alpha value is -1.26. The maximum atomic E-state index is 14.1. The van der Waals surface area contributed by atoms with Crippen LogP contribution in [-0.2, 0) is 45.0 Å². The van der Waals surface area contributed by atoms with Gasteiger partial charge in [-0.1, -0.05) is 127 Å². The van der Waals surface area contributed by atoms with E-state index >= 15 is 0 Å². The smallest absolute Gasteiger partial charge is 0.309 e. The summed E-state index contributed by atoms with van der Waals surface area (Å²) < 4.78 is 51.5. The average Bonchev–Trinajstić information content (AvgIpc) is 3.33. The Morgan fingerprint density at radius 2 is 0.957 bits per heavy atom. The quantitative estimate of drug-likeness (QED) is 0.0723. The summed E-state index contributed by atoms with van der Waals surface area (Å²) >= 11 is 0. The molecule has 6 nitrogen and oxygen atoms in total. The van der Waals surface area contributed by atoms with Crippen molar-refractivity contribution in [2.24, 2.45) is 0 Å². The molecule has 0 atom stereocenters. The van der Waals surface area contributed by atoms with Crippen molar-refractivity contribution in [1.82, 2.24) is 0 Å². The number of hydrogen-bond acceptors (Lipinski definition) is 6. The molecule has 0 aliphatic heterocycles. The zero-order valence-corrected chi connectivity index (χ0v) is 32.2. The Kier molecular flexibility index (Phi) is 17.5. The first-order chi connectivity index (χ1) is 22.8. The summed E-state index contributed by atoms with van der Waals surface area (Å²) in [5.74, 6) is 0. The number of rotatable bonds is 26. The maximum absolute atomic E-state index is 14.1. The van der Waals surface area contributed by atoms with Crippen molar-refractivity contribution < 1.29 is 27.2 Å². The third-order valence-corrected chi connectivity index (χ3v) is 13.6. The fourth-order valence-corrected chi connectivity index (χ4v) is 11.0. The van der Waals surface area contributed by atoms with Gasteiger partial charge in [-0.2, -0.15) is 0 Å². The lowest BCUT2D eigenvalue weighted by molar-refractivity contribution is 0.218. The van der Waals surface area contributed by atoms with Gasteiger partial charge in [0.05, 0.1) is 38.8 Å². The predicted molar refractivity (Wildman–Crippen MR) is 198 cm³/mol. The van der Waals surface area contributed by atoms with Gasteiger partial charge in [0, 0.05) is 5.41 Å². The molecule has 2 aromatic rings. The molecule has 0 bridgehead atoms. The fraction of sp³-hybridized carbons (Fsp3) is 0.692. The van der Waals surface area contributed by atoms with Gasteiger partial charge in [-0.15, -0.1) is 0 Å². The molecule has 3 rings (SSSR count). The van der Waals surface area contributed by atoms with Crippen molar-refractivity contribution in [3.63, 3.8) is 0 Å². The fourth-order valence-electron chi connectivity index (χ4n) is 7.58. The second-order valence-electron chi connectivity index (χ2n) is 13.0. The van der Waals surface area contributed by atoms with Crippen molar-refractivity contribution in [2.45, 2.75) is 149 Å². The highest BCUT2D eigenvalue weighted by Gasteiger charge is 2.46. The third kappa shape index (κ3) is 10.9. The molecule has 0 heterocycles. The van der Waals surface area contributed by atoms with Gasteiger partial charge in [0.2, 0.25) is 0 Å². The summed E-state index contributed by atoms with van der Waals surface area (Å²) in [7, 11) is -6.78. The number of hydrogen-bond donors (Lipinski definition) is 0. The van der Waals surface area contributed by atoms with Crippen LogP contribution in [0.15, 0.2) is 36.4 Å². The summed E-state index contributed by atoms with van der Waals surface area (Å²) in [6.07, 6.45) is 17.2. The zero-order valence-electron chi connectivity index (χ0n) is 30.5. The molecule has 0 N–H and O–H groups in total. The Bertz CT molecular complexity index is 1270. The van der Waals surface area contributed by atoms with E-state index in [1.54, 1.807) is 0 Å². The van der Waals surface area contributed by atoms with Crippen LogP contribution in [0.3, 0.4) is 0 Å². The van der Waals surface area contributed by atoms with E-state index in [2.05, 4.69) is 50.2 Å². The Balaban J connectivity index is 2.23. The SMILES string of the molecule is CCCCCCCCC1(CCCCCCCC)c2ccccc2-c2c(CP(=O)(OCC)OCC)ccc(CP(=O)(OCC)OCC)c21. The lowest BCUT2D eigenvalue weighted by Crippen LogP contribution is -2.27. The van der Waals surface area contributed by atoms with Crippen LogP contribution in [0, 0.1) is 0 Å². The van der Waals surface area contributed by atoms with Crippen LogP contribution in [0.5, 0.6) is 0 Å². The monoisotopic (exact) mass is 690 g/mol. The number of benzene rings is 2. The zero-order chi connectivity index (χ0) is 34.2. The molecular weight excluding hydrogens is 626 g/mol. The minimum absolute atomic E-state index is 0.199. The lowest BCUT2D eigenvalue weighted by Gasteiger charge is -2.35. The summed E-state index contributed by atoms with van der Waals surface area (Å²) in [5, 5.41) is 0. The Labute approximate surface area is 287 Å². The van der Waals surface area contributed by atoms with Crippen LogP contribution < -0.4 is 0 Å². The van der Waals surface area contributed by atoms with E-state index in [1.165, 1.54) is 80.9 Å². The molecule has 1 aliphatic carbocycles. The normalized spacial score (nSPS) is 14.0. The highest BCUT2D eigenvalue weighted by molar-refractivity contribution is 7.53. The van der Waals surface area contributed by atoms with Gasteiger partial charge in [-0.3, -0.25) is 9.13 Å². The molecule has 0 spiro atoms. The molecule has 0 saturated heterocycles. The van der Waals surface area contributed by atoms with Crippen LogP contribution in [0.25, 0.3) is 11.1 Å². The van der Waals surface area contributed by atoms with E-state index in [1.807, 2.05) is 27.7 Å². The first-order valence-corrected chi connectivity index (χ1v) is 22.2. The largest absolute Gasteiger partial charge is 0.335 e. The average molecular weight is 691 g/mol. The van der Waals surface area contributed by atoms with E-state index in [0.29, 0.717) is 26.4 Å². The molecule has 0 unspecified atom stereocenters. The summed E-state index contributed by atoms with van der Waals surface area (Å²) in [4.78, 5) is 0. The second kappa shape index (κ2) is 20.4. The molecule has 8 heteroatoms. The van der Waals surface area contributed by atoms with Gasteiger partial charge >= 0.3 is 15.2 Å². The minimum atomic E-state index is -3.40. The van der Waals surface area contributed by atoms with E-state index in [9.17, 15) is 9.13 Å². The van der Waals surface area contributed by atoms with Gasteiger partial charge in [0.25, 0.3) is 0 Å². The molecule has 0 saturated carbocycles. The van der Waals surface area contributed by atoms with Crippen molar-refractivity contribution in [3.8, 4) is 11.1 Å². The topological polar surface area (TPSA) is 71.1 Å². The van der Waals surface area contributed by atoms with Crippen LogP contribution >= 0.6 is 15.2 Å². The second-order valence-corrected chi connectivity index (χ2v) is 17.1. The summed E-state index contributed by atoms with van der Waals surface area (Å²) in [6.45, 7) is 13.3. The highest BCUT2D eigenvalue weighted by atomic mass is 31.2. The van der Waals surface area contributed by atoms with E-state index in [4.69, 9.17) is 18.1 Å². The number of fused-ring (bicyclic) bond motifs is 3. The summed E-state index contributed by atoms with van der Waals surface area (Å²) in [5.41, 5.74) is 6.64. The van der Waals surface area contributed by atoms with Gasteiger partial charge in [0.1, 0.15) is 0 Å². The molecule has 2 aromatic carbocycles. The first-order valence-electron chi connectivity index (χ1n) is 18.8. The van der Waals surface area contributed by atoms with Crippen molar-refractivity contribution >= 4 is 15.2 Å². The minimum Gasteiger partial charge on any atom is -0.309 e. The predicted octanol–water partition coefficient (Wildman–Crippen LogP) is 13.0. The number of unbranched alkanes of at least 4 members (excludes halogenated alkanes) is 10. The molecular formula is C39H64O6P2. The van der Waals surface area contributed by atoms with Crippen molar-refractivity contribution in [2.75, 3.05) is 26.4 Å². The molecule has 1 aliphatic rings. The lowest BCUT2D eigenvalue weighted by atomic mass is 9.69. The van der Waals surface area contributed by atoms with Gasteiger partial charge < -0.3 is 18.1 Å². The van der Waals surface area contributed by atoms with E-state index < -0.39 is 15.2 Å². The van der Waals surface area contributed by atoms with Crippen LogP contribution in [0.4, 0.5) is 0 Å². The summed E-state index contributed by atoms with van der Waals surface area (Å²) in [6, 6.07) is 13.0. The standard InChI is InChI=1S/C39H64O6P2/c1-7-13-15-17-19-23-29-39(30-24-20-18-16-14-8-2)36-26-22-21-25-35(36)37-33(31-46(40,42-9-3)43-10-4)27-28-34(38(37)39)32-47(41,44-11-5)45-12-6/h21-22,25-28H,7-20,23-24,29-32H2,1-6H3. The maximum Gasteiger partial charge on any atom is 0.335 e. The van der Waals surface area contributed by atoms with Crippen molar-refractivity contribution in [1.29, 1.82) is 0 Å². The van der Waals surface area contributed by atoms with Gasteiger partial charge in [-0.05, 0) is 73.9 Å². The molecule has 0 fully saturated rings. The molecule has 47 heavy (non-hydrogen) atoms. The van der Waals surface area contributed by atoms with Gasteiger partial charge in [-0.25, -0.2) is 0 Å². The molecule has 0 aromatic heterocycles. The van der Waals surface area contributed by atoms with E-state index in [0.717, 1.165) is 42.4 Å². The highest BCUT2D eigenvalue weighted by Crippen LogP contribution is 2.62. The van der Waals surface area contributed by atoms with E-state index in [-0.39, 0.29) is 17.7 Å². The van der Waals surface area contributed by atoms with Crippen LogP contribution in [0.2, 0.25) is 0 Å². The van der Waals surface area contributed by atoms with Gasteiger partial charge in [0.15, 0.2) is 0 Å². The molecule has 0 amide bonds. The Morgan fingerprint density at radius 3 is 1.45 bits per heavy atom. The van der Waals surface area contributed by atoms with Crippen LogP contribution in [0.1, 0.15) is 154 Å². The Morgan fingerprint density at radius 1 is 0.532 bits per heavy atom. The first kappa shape index (κ1) is 40.2. The molecule has 266 valence electrons. The molecule has 0 radical (unpaired) electrons. The third-order valence-electron chi connectivity index (χ3n) is 9.51.